The molecule has 0 saturated carbocycles. The summed E-state index contributed by atoms with van der Waals surface area (Å²) in [5.41, 5.74) is 2.71. The fraction of sp³-hybridized carbons (Fsp3) is 0.300. The van der Waals surface area contributed by atoms with E-state index in [1.54, 1.807) is 19.3 Å². The second-order valence-corrected chi connectivity index (χ2v) is 3.27. The van der Waals surface area contributed by atoms with Crippen LogP contribution in [0.25, 0.3) is 11.2 Å². The van der Waals surface area contributed by atoms with Gasteiger partial charge in [0.05, 0.1) is 0 Å². The van der Waals surface area contributed by atoms with E-state index in [1.807, 2.05) is 6.20 Å². The lowest BCUT2D eigenvalue weighted by Crippen LogP contribution is -1.93. The highest BCUT2D eigenvalue weighted by Gasteiger charge is 2.05. The molecule has 2 rings (SSSR count). The number of aromatic amines is 1. The summed E-state index contributed by atoms with van der Waals surface area (Å²) in [6.07, 6.45) is 6.46. The summed E-state index contributed by atoms with van der Waals surface area (Å²) in [6, 6.07) is 0. The molecule has 4 nitrogen and oxygen atoms in total. The Morgan fingerprint density at radius 1 is 1.43 bits per heavy atom. The Morgan fingerprint density at radius 2 is 2.21 bits per heavy atom. The van der Waals surface area contributed by atoms with Gasteiger partial charge in [0, 0.05) is 25.0 Å². The molecule has 14 heavy (non-hydrogen) atoms. The van der Waals surface area contributed by atoms with Crippen molar-refractivity contribution < 1.29 is 4.79 Å². The summed E-state index contributed by atoms with van der Waals surface area (Å²) >= 11 is 0. The van der Waals surface area contributed by atoms with Crippen molar-refractivity contribution in [1.29, 1.82) is 0 Å². The van der Waals surface area contributed by atoms with E-state index in [2.05, 4.69) is 15.0 Å². The molecule has 4 heteroatoms. The number of hydrogen-bond acceptors (Lipinski definition) is 3. The molecule has 72 valence electrons. The van der Waals surface area contributed by atoms with E-state index < -0.39 is 0 Å². The minimum absolute atomic E-state index is 0.197. The van der Waals surface area contributed by atoms with Crippen LogP contribution in [0.15, 0.2) is 18.6 Å². The van der Waals surface area contributed by atoms with Gasteiger partial charge in [0.1, 0.15) is 11.3 Å². The van der Waals surface area contributed by atoms with Gasteiger partial charge in [-0.3, -0.25) is 4.98 Å². The van der Waals surface area contributed by atoms with Gasteiger partial charge in [-0.05, 0) is 18.9 Å². The molecule has 1 N–H and O–H groups in total. The predicted octanol–water partition coefficient (Wildman–Crippen LogP) is 1.48. The number of ketones is 1. The van der Waals surface area contributed by atoms with E-state index in [0.717, 1.165) is 23.1 Å². The Bertz CT molecular complexity index is 461. The molecule has 2 aromatic rings. The Morgan fingerprint density at radius 3 is 3.00 bits per heavy atom. The first-order valence-corrected chi connectivity index (χ1v) is 4.54. The van der Waals surface area contributed by atoms with Crippen molar-refractivity contribution in [3.05, 3.63) is 24.2 Å². The second-order valence-electron chi connectivity index (χ2n) is 3.27. The lowest BCUT2D eigenvalue weighted by molar-refractivity contribution is -0.116. The molecule has 0 bridgehead atoms. The quantitative estimate of drug-likeness (QED) is 0.795. The molecule has 0 aliphatic rings. The number of rotatable bonds is 3. The van der Waals surface area contributed by atoms with Gasteiger partial charge in [-0.15, -0.1) is 0 Å². The minimum atomic E-state index is 0.197. The van der Waals surface area contributed by atoms with E-state index in [4.69, 9.17) is 0 Å². The van der Waals surface area contributed by atoms with Crippen LogP contribution in [-0.4, -0.2) is 20.7 Å². The first kappa shape index (κ1) is 8.87. The van der Waals surface area contributed by atoms with Crippen LogP contribution in [0.3, 0.4) is 0 Å². The van der Waals surface area contributed by atoms with Gasteiger partial charge >= 0.3 is 0 Å². The molecule has 0 radical (unpaired) electrons. The molecule has 0 fully saturated rings. The van der Waals surface area contributed by atoms with Crippen LogP contribution in [-0.2, 0) is 11.2 Å². The first-order chi connectivity index (χ1) is 6.77. The summed E-state index contributed by atoms with van der Waals surface area (Å²) in [6.45, 7) is 1.60. The standard InChI is InChI=1S/C10H11N3O/c1-7(14)2-3-8-6-13-10-9(8)11-4-5-12-10/h4-6H,2-3H2,1H3,(H,12,13). The third kappa shape index (κ3) is 1.64. The third-order valence-electron chi connectivity index (χ3n) is 2.13. The topological polar surface area (TPSA) is 58.6 Å². The third-order valence-corrected chi connectivity index (χ3v) is 2.13. The average Bonchev–Trinajstić information content (AvgIpc) is 2.58. The van der Waals surface area contributed by atoms with Crippen molar-refractivity contribution in [3.63, 3.8) is 0 Å². The van der Waals surface area contributed by atoms with Gasteiger partial charge in [0.25, 0.3) is 0 Å². The first-order valence-electron chi connectivity index (χ1n) is 4.54. The smallest absolute Gasteiger partial charge is 0.156 e. The van der Waals surface area contributed by atoms with Crippen LogP contribution in [0.4, 0.5) is 0 Å². The van der Waals surface area contributed by atoms with Crippen molar-refractivity contribution in [1.82, 2.24) is 15.0 Å². The van der Waals surface area contributed by atoms with Crippen molar-refractivity contribution in [3.8, 4) is 0 Å². The Kier molecular flexibility index (Phi) is 2.26. The van der Waals surface area contributed by atoms with Gasteiger partial charge in [0.15, 0.2) is 5.65 Å². The van der Waals surface area contributed by atoms with E-state index in [0.29, 0.717) is 6.42 Å². The summed E-state index contributed by atoms with van der Waals surface area (Å²) in [4.78, 5) is 22.2. The van der Waals surface area contributed by atoms with Gasteiger partial charge in [-0.1, -0.05) is 0 Å². The summed E-state index contributed by atoms with van der Waals surface area (Å²) in [5, 5.41) is 0. The lowest BCUT2D eigenvalue weighted by atomic mass is 10.1. The zero-order valence-electron chi connectivity index (χ0n) is 7.95. The number of H-pyrrole nitrogens is 1. The summed E-state index contributed by atoms with van der Waals surface area (Å²) in [5.74, 6) is 0.197. The van der Waals surface area contributed by atoms with E-state index in [9.17, 15) is 4.79 Å². The molecule has 0 saturated heterocycles. The average molecular weight is 189 g/mol. The van der Waals surface area contributed by atoms with E-state index >= 15 is 0 Å². The number of nitrogens with zero attached hydrogens (tertiary/aromatic N) is 2. The summed E-state index contributed by atoms with van der Waals surface area (Å²) < 4.78 is 0. The second kappa shape index (κ2) is 3.57. The minimum Gasteiger partial charge on any atom is -0.345 e. The van der Waals surface area contributed by atoms with Gasteiger partial charge in [0.2, 0.25) is 0 Å². The fourth-order valence-corrected chi connectivity index (χ4v) is 1.40. The molecule has 0 aliphatic heterocycles. The Hall–Kier alpha value is -1.71. The van der Waals surface area contributed by atoms with Gasteiger partial charge in [-0.25, -0.2) is 4.98 Å². The van der Waals surface area contributed by atoms with Crippen molar-refractivity contribution in [2.24, 2.45) is 0 Å². The summed E-state index contributed by atoms with van der Waals surface area (Å²) in [7, 11) is 0. The maximum atomic E-state index is 10.8. The molecular formula is C10H11N3O. The highest BCUT2D eigenvalue weighted by molar-refractivity contribution is 5.78. The maximum Gasteiger partial charge on any atom is 0.156 e. The Labute approximate surface area is 81.4 Å². The molecule has 0 spiro atoms. The number of nitrogens with one attached hydrogen (secondary N) is 1. The zero-order valence-corrected chi connectivity index (χ0v) is 7.95. The maximum absolute atomic E-state index is 10.8. The van der Waals surface area contributed by atoms with Crippen molar-refractivity contribution in [2.45, 2.75) is 19.8 Å². The molecule has 0 unspecified atom stereocenters. The number of fused-ring (bicyclic) bond motifs is 1. The van der Waals surface area contributed by atoms with E-state index in [1.165, 1.54) is 0 Å². The van der Waals surface area contributed by atoms with Crippen LogP contribution in [0.1, 0.15) is 18.9 Å². The molecule has 0 amide bonds. The number of carbonyl (C=O) groups excluding carboxylic acids is 1. The molecule has 0 atom stereocenters. The SMILES string of the molecule is CC(=O)CCc1c[nH]c2nccnc12. The number of hydrogen-bond donors (Lipinski definition) is 1. The fourth-order valence-electron chi connectivity index (χ4n) is 1.40. The predicted molar refractivity (Wildman–Crippen MR) is 52.9 cm³/mol. The monoisotopic (exact) mass is 189 g/mol. The number of carbonyl (C=O) groups is 1. The van der Waals surface area contributed by atoms with Crippen LogP contribution in [0.2, 0.25) is 0 Å². The van der Waals surface area contributed by atoms with Crippen LogP contribution in [0, 0.1) is 0 Å². The largest absolute Gasteiger partial charge is 0.345 e. The highest BCUT2D eigenvalue weighted by atomic mass is 16.1. The normalized spacial score (nSPS) is 10.6. The van der Waals surface area contributed by atoms with Gasteiger partial charge < -0.3 is 9.78 Å². The zero-order chi connectivity index (χ0) is 9.97. The lowest BCUT2D eigenvalue weighted by Gasteiger charge is -1.94. The van der Waals surface area contributed by atoms with Crippen molar-refractivity contribution >= 4 is 16.9 Å². The van der Waals surface area contributed by atoms with Crippen LogP contribution >= 0.6 is 0 Å². The molecule has 2 heterocycles. The van der Waals surface area contributed by atoms with Crippen molar-refractivity contribution in [2.75, 3.05) is 0 Å². The number of aromatic nitrogens is 3. The van der Waals surface area contributed by atoms with Crippen LogP contribution in [0.5, 0.6) is 0 Å². The van der Waals surface area contributed by atoms with Crippen LogP contribution < -0.4 is 0 Å². The number of aryl methyl sites for hydroxylation is 1. The molecule has 2 aromatic heterocycles. The van der Waals surface area contributed by atoms with Gasteiger partial charge in [-0.2, -0.15) is 0 Å². The Balaban J connectivity index is 2.29. The molecular weight excluding hydrogens is 178 g/mol. The number of Topliss-reactive ketones (excluding diaryl/α,β-unsaturated/α-hetero) is 1. The highest BCUT2D eigenvalue weighted by Crippen LogP contribution is 2.14. The van der Waals surface area contributed by atoms with E-state index in [-0.39, 0.29) is 5.78 Å². The molecule has 0 aliphatic carbocycles. The molecule has 0 aromatic carbocycles.